The molecule has 0 aliphatic carbocycles. The summed E-state index contributed by atoms with van der Waals surface area (Å²) in [5.74, 6) is 1.35. The first-order valence-electron chi connectivity index (χ1n) is 8.56. The van der Waals surface area contributed by atoms with Gasteiger partial charge in [0.2, 0.25) is 0 Å². The molecule has 1 aromatic heterocycles. The maximum Gasteiger partial charge on any atom is 0.138 e. The molecule has 4 rings (SSSR count). The van der Waals surface area contributed by atoms with Gasteiger partial charge < -0.3 is 13.9 Å². The number of para-hydroxylation sites is 1. The number of benzene rings is 2. The second-order valence-corrected chi connectivity index (χ2v) is 7.93. The molecular formula is C20H24N3P. The second-order valence-electron chi connectivity index (χ2n) is 6.77. The van der Waals surface area contributed by atoms with Crippen LogP contribution in [-0.4, -0.2) is 10.6 Å². The van der Waals surface area contributed by atoms with Gasteiger partial charge in [0, 0.05) is 18.5 Å². The van der Waals surface area contributed by atoms with Gasteiger partial charge in [-0.15, -0.1) is 0 Å². The zero-order valence-corrected chi connectivity index (χ0v) is 15.7. The monoisotopic (exact) mass is 337 g/mol. The molecular weight excluding hydrogens is 313 g/mol. The lowest BCUT2D eigenvalue weighted by atomic mass is 10.1. The summed E-state index contributed by atoms with van der Waals surface area (Å²) in [7, 11) is 2.84. The van der Waals surface area contributed by atoms with Crippen LogP contribution in [0.5, 0.6) is 0 Å². The second kappa shape index (κ2) is 5.82. The number of aromatic nitrogens is 1. The Morgan fingerprint density at radius 3 is 2.21 bits per heavy atom. The highest BCUT2D eigenvalue weighted by atomic mass is 31.1. The van der Waals surface area contributed by atoms with Crippen molar-refractivity contribution in [2.75, 3.05) is 9.34 Å². The van der Waals surface area contributed by atoms with E-state index in [0.29, 0.717) is 21.0 Å². The van der Waals surface area contributed by atoms with E-state index in [0.717, 1.165) is 0 Å². The third kappa shape index (κ3) is 2.22. The average molecular weight is 337 g/mol. The number of fused-ring (bicyclic) bond motifs is 3. The van der Waals surface area contributed by atoms with E-state index in [1.807, 2.05) is 0 Å². The fraction of sp³-hybridized carbons (Fsp3) is 0.300. The maximum absolute atomic E-state index is 2.58. The molecule has 0 saturated carbocycles. The molecule has 2 atom stereocenters. The molecule has 4 heteroatoms. The zero-order chi connectivity index (χ0) is 16.8. The van der Waals surface area contributed by atoms with E-state index in [-0.39, 0.29) is 0 Å². The Morgan fingerprint density at radius 1 is 0.833 bits per heavy atom. The van der Waals surface area contributed by atoms with E-state index in [1.54, 1.807) is 0 Å². The van der Waals surface area contributed by atoms with Crippen molar-refractivity contribution >= 4 is 31.3 Å². The van der Waals surface area contributed by atoms with Crippen LogP contribution in [0.25, 0.3) is 10.9 Å². The minimum absolute atomic E-state index is 0.359. The van der Waals surface area contributed by atoms with Gasteiger partial charge in [0.25, 0.3) is 0 Å². The molecule has 0 spiro atoms. The molecule has 1 aliphatic heterocycles. The molecule has 3 aromatic rings. The molecule has 0 fully saturated rings. The SMILES string of the molecule is CC(C)N1PN([C@@H](C)c2ccccc2)c2c1n(C)c1ccccc21. The van der Waals surface area contributed by atoms with Crippen molar-refractivity contribution < 1.29 is 0 Å². The first-order chi connectivity index (χ1) is 11.6. The van der Waals surface area contributed by atoms with Crippen molar-refractivity contribution in [2.45, 2.75) is 32.9 Å². The zero-order valence-electron chi connectivity index (χ0n) is 14.7. The van der Waals surface area contributed by atoms with E-state index in [4.69, 9.17) is 0 Å². The molecule has 2 aromatic carbocycles. The highest BCUT2D eigenvalue weighted by molar-refractivity contribution is 7.43. The fourth-order valence-corrected chi connectivity index (χ4v) is 5.06. The summed E-state index contributed by atoms with van der Waals surface area (Å²) in [4.78, 5) is 0. The molecule has 0 bridgehead atoms. The van der Waals surface area contributed by atoms with E-state index < -0.39 is 0 Å². The number of nitrogens with zero attached hydrogens (tertiary/aromatic N) is 3. The van der Waals surface area contributed by atoms with Crippen molar-refractivity contribution in [3.8, 4) is 0 Å². The molecule has 0 amide bonds. The summed E-state index contributed by atoms with van der Waals surface area (Å²) in [6.07, 6.45) is 0. The lowest BCUT2D eigenvalue weighted by Gasteiger charge is -2.30. The molecule has 1 aliphatic rings. The number of rotatable bonds is 3. The first-order valence-corrected chi connectivity index (χ1v) is 9.46. The first kappa shape index (κ1) is 15.5. The van der Waals surface area contributed by atoms with Crippen LogP contribution in [0.4, 0.5) is 11.5 Å². The van der Waals surface area contributed by atoms with Crippen LogP contribution in [0.2, 0.25) is 0 Å². The van der Waals surface area contributed by atoms with Gasteiger partial charge in [-0.25, -0.2) is 0 Å². The number of aryl methyl sites for hydroxylation is 1. The quantitative estimate of drug-likeness (QED) is 0.586. The van der Waals surface area contributed by atoms with Gasteiger partial charge >= 0.3 is 0 Å². The highest BCUT2D eigenvalue weighted by Crippen LogP contribution is 2.57. The van der Waals surface area contributed by atoms with Crippen molar-refractivity contribution in [3.05, 3.63) is 60.2 Å². The molecule has 124 valence electrons. The normalized spacial score (nSPS) is 16.4. The van der Waals surface area contributed by atoms with E-state index in [2.05, 4.69) is 96.3 Å². The molecule has 0 N–H and O–H groups in total. The Bertz CT molecular complexity index is 869. The molecule has 2 heterocycles. The Labute approximate surface area is 145 Å². The summed E-state index contributed by atoms with van der Waals surface area (Å²) < 4.78 is 7.47. The van der Waals surface area contributed by atoms with Crippen LogP contribution in [0.15, 0.2) is 54.6 Å². The van der Waals surface area contributed by atoms with E-state index >= 15 is 0 Å². The molecule has 0 radical (unpaired) electrons. The number of hydrogen-bond acceptors (Lipinski definition) is 2. The van der Waals surface area contributed by atoms with Crippen molar-refractivity contribution in [1.82, 2.24) is 4.57 Å². The summed E-state index contributed by atoms with van der Waals surface area (Å²) in [6, 6.07) is 20.4. The van der Waals surface area contributed by atoms with Gasteiger partial charge in [-0.2, -0.15) is 0 Å². The summed E-state index contributed by atoms with van der Waals surface area (Å²) in [5.41, 5.74) is 4.06. The largest absolute Gasteiger partial charge is 0.329 e. The minimum Gasteiger partial charge on any atom is -0.329 e. The highest BCUT2D eigenvalue weighted by Gasteiger charge is 2.36. The standard InChI is InChI=1S/C20H24N3P/c1-14(2)22-20-19(17-12-8-9-13-18(17)21(20)4)23(24-22)15(3)16-10-6-5-7-11-16/h5-15,24H,1-4H3/t15-/m0/s1. The Hall–Kier alpha value is -1.99. The molecule has 1 unspecified atom stereocenters. The van der Waals surface area contributed by atoms with Gasteiger partial charge in [-0.1, -0.05) is 48.5 Å². The average Bonchev–Trinajstić information content (AvgIpc) is 3.13. The molecule has 24 heavy (non-hydrogen) atoms. The van der Waals surface area contributed by atoms with E-state index in [1.165, 1.54) is 28.0 Å². The van der Waals surface area contributed by atoms with Crippen LogP contribution < -0.4 is 9.34 Å². The predicted octanol–water partition coefficient (Wildman–Crippen LogP) is 5.48. The fourth-order valence-electron chi connectivity index (χ4n) is 3.61. The van der Waals surface area contributed by atoms with Crippen molar-refractivity contribution in [1.29, 1.82) is 0 Å². The van der Waals surface area contributed by atoms with Gasteiger partial charge in [0.05, 0.1) is 26.1 Å². The molecule has 3 nitrogen and oxygen atoms in total. The van der Waals surface area contributed by atoms with Gasteiger partial charge in [0.1, 0.15) is 5.82 Å². The van der Waals surface area contributed by atoms with E-state index in [9.17, 15) is 0 Å². The maximum atomic E-state index is 2.58. The Morgan fingerprint density at radius 2 is 1.50 bits per heavy atom. The Balaban J connectivity index is 1.90. The third-order valence-electron chi connectivity index (χ3n) is 4.92. The van der Waals surface area contributed by atoms with Crippen molar-refractivity contribution in [2.24, 2.45) is 7.05 Å². The summed E-state index contributed by atoms with van der Waals surface area (Å²) in [5, 5.41) is 1.36. The Kier molecular flexibility index (Phi) is 3.77. The lowest BCUT2D eigenvalue weighted by Crippen LogP contribution is -2.24. The summed E-state index contributed by atoms with van der Waals surface area (Å²) >= 11 is 0. The van der Waals surface area contributed by atoms with Gasteiger partial charge in [-0.05, 0) is 32.4 Å². The van der Waals surface area contributed by atoms with Crippen LogP contribution >= 0.6 is 8.88 Å². The smallest absolute Gasteiger partial charge is 0.138 e. The van der Waals surface area contributed by atoms with Crippen molar-refractivity contribution in [3.63, 3.8) is 0 Å². The van der Waals surface area contributed by atoms with Gasteiger partial charge in [-0.3, -0.25) is 0 Å². The van der Waals surface area contributed by atoms with Crippen LogP contribution in [-0.2, 0) is 7.05 Å². The lowest BCUT2D eigenvalue weighted by molar-refractivity contribution is 0.800. The van der Waals surface area contributed by atoms with Crippen LogP contribution in [0.1, 0.15) is 32.4 Å². The molecule has 0 saturated heterocycles. The predicted molar refractivity (Wildman–Crippen MR) is 106 cm³/mol. The third-order valence-corrected chi connectivity index (χ3v) is 6.69. The number of anilines is 2. The van der Waals surface area contributed by atoms with Crippen LogP contribution in [0.3, 0.4) is 0 Å². The topological polar surface area (TPSA) is 11.4 Å². The summed E-state index contributed by atoms with van der Waals surface area (Å²) in [6.45, 7) is 6.88. The van der Waals surface area contributed by atoms with Gasteiger partial charge in [0.15, 0.2) is 0 Å². The van der Waals surface area contributed by atoms with Crippen LogP contribution in [0, 0.1) is 0 Å². The number of hydrogen-bond donors (Lipinski definition) is 0. The minimum atomic E-state index is 0.359.